The second kappa shape index (κ2) is 6.41. The molecule has 0 saturated carbocycles. The molecule has 2 aliphatic heterocycles. The predicted octanol–water partition coefficient (Wildman–Crippen LogP) is 1.91. The lowest BCUT2D eigenvalue weighted by Crippen LogP contribution is -2.45. The Morgan fingerprint density at radius 3 is 2.50 bits per heavy atom. The number of carbonyl (C=O) groups excluding carboxylic acids is 1. The van der Waals surface area contributed by atoms with Gasteiger partial charge in [-0.25, -0.2) is 4.79 Å². The zero-order valence-electron chi connectivity index (χ0n) is 11.8. The lowest BCUT2D eigenvalue weighted by Gasteiger charge is -2.31. The topological polar surface area (TPSA) is 35.6 Å². The van der Waals surface area contributed by atoms with Gasteiger partial charge in [0.05, 0.1) is 0 Å². The van der Waals surface area contributed by atoms with E-state index in [0.29, 0.717) is 12.0 Å². The third-order valence-electron chi connectivity index (χ3n) is 4.51. The van der Waals surface area contributed by atoms with Crippen LogP contribution in [0.5, 0.6) is 0 Å². The average molecular weight is 253 g/mol. The third kappa shape index (κ3) is 2.97. The first-order valence-electron chi connectivity index (χ1n) is 7.52. The van der Waals surface area contributed by atoms with Crippen molar-refractivity contribution in [3.05, 3.63) is 0 Å². The Bertz CT molecular complexity index is 272. The van der Waals surface area contributed by atoms with Crippen LogP contribution in [0, 0.1) is 5.92 Å². The van der Waals surface area contributed by atoms with Gasteiger partial charge in [0.25, 0.3) is 0 Å². The fraction of sp³-hybridized carbons (Fsp3) is 0.929. The minimum absolute atomic E-state index is 0.286. The normalized spacial score (nSPS) is 22.3. The molecule has 0 atom stereocenters. The molecule has 0 spiro atoms. The molecule has 0 aromatic heterocycles. The van der Waals surface area contributed by atoms with E-state index in [-0.39, 0.29) is 6.03 Å². The van der Waals surface area contributed by atoms with Crippen LogP contribution in [0.3, 0.4) is 0 Å². The molecule has 2 saturated heterocycles. The second-order valence-corrected chi connectivity index (χ2v) is 5.59. The number of piperidine rings is 1. The van der Waals surface area contributed by atoms with E-state index in [2.05, 4.69) is 29.0 Å². The van der Waals surface area contributed by atoms with Gasteiger partial charge in [0, 0.05) is 25.7 Å². The highest BCUT2D eigenvalue weighted by molar-refractivity contribution is 5.76. The van der Waals surface area contributed by atoms with E-state index in [1.165, 1.54) is 12.8 Å². The van der Waals surface area contributed by atoms with Crippen LogP contribution in [0.4, 0.5) is 4.79 Å². The number of rotatable bonds is 5. The predicted molar refractivity (Wildman–Crippen MR) is 73.6 cm³/mol. The first kappa shape index (κ1) is 13.7. The first-order chi connectivity index (χ1) is 8.76. The van der Waals surface area contributed by atoms with Gasteiger partial charge < -0.3 is 15.1 Å². The van der Waals surface area contributed by atoms with Crippen molar-refractivity contribution in [1.82, 2.24) is 15.1 Å². The molecule has 2 amide bonds. The molecule has 2 fully saturated rings. The molecule has 2 heterocycles. The standard InChI is InChI=1S/C14H27N3O/c1-3-12(4-2)11-16-9-10-17(14(16)18)13-5-7-15-8-6-13/h12-13,15H,3-11H2,1-2H3. The highest BCUT2D eigenvalue weighted by atomic mass is 16.2. The van der Waals surface area contributed by atoms with Gasteiger partial charge in [0.1, 0.15) is 0 Å². The molecule has 4 heteroatoms. The highest BCUT2D eigenvalue weighted by Crippen LogP contribution is 2.20. The monoisotopic (exact) mass is 253 g/mol. The molecule has 4 nitrogen and oxygen atoms in total. The number of nitrogens with one attached hydrogen (secondary N) is 1. The van der Waals surface area contributed by atoms with Crippen LogP contribution in [0.1, 0.15) is 39.5 Å². The fourth-order valence-corrected chi connectivity index (χ4v) is 3.09. The van der Waals surface area contributed by atoms with E-state index in [4.69, 9.17) is 0 Å². The molecule has 104 valence electrons. The van der Waals surface area contributed by atoms with Crippen molar-refractivity contribution in [3.8, 4) is 0 Å². The summed E-state index contributed by atoms with van der Waals surface area (Å²) >= 11 is 0. The van der Waals surface area contributed by atoms with Crippen LogP contribution in [0.25, 0.3) is 0 Å². The number of hydrogen-bond acceptors (Lipinski definition) is 2. The Balaban J connectivity index is 1.87. The summed E-state index contributed by atoms with van der Waals surface area (Å²) in [6, 6.07) is 0.763. The molecular weight excluding hydrogens is 226 g/mol. The molecular formula is C14H27N3O. The van der Waals surface area contributed by atoms with Gasteiger partial charge in [0.15, 0.2) is 0 Å². The quantitative estimate of drug-likeness (QED) is 0.812. The largest absolute Gasteiger partial charge is 0.323 e. The lowest BCUT2D eigenvalue weighted by atomic mass is 10.0. The van der Waals surface area contributed by atoms with Crippen molar-refractivity contribution in [2.75, 3.05) is 32.7 Å². The first-order valence-corrected chi connectivity index (χ1v) is 7.52. The van der Waals surface area contributed by atoms with Crippen LogP contribution in [-0.4, -0.2) is 54.6 Å². The van der Waals surface area contributed by atoms with Gasteiger partial charge in [-0.2, -0.15) is 0 Å². The van der Waals surface area contributed by atoms with Gasteiger partial charge in [0.2, 0.25) is 0 Å². The molecule has 2 rings (SSSR count). The number of carbonyl (C=O) groups is 1. The summed E-state index contributed by atoms with van der Waals surface area (Å²) in [5, 5.41) is 3.36. The van der Waals surface area contributed by atoms with Gasteiger partial charge in [-0.1, -0.05) is 26.7 Å². The Hall–Kier alpha value is -0.770. The maximum absolute atomic E-state index is 12.4. The molecule has 2 aliphatic rings. The summed E-state index contributed by atoms with van der Waals surface area (Å²) in [6.45, 7) is 9.37. The van der Waals surface area contributed by atoms with E-state index >= 15 is 0 Å². The minimum Gasteiger partial charge on any atom is -0.323 e. The van der Waals surface area contributed by atoms with E-state index in [9.17, 15) is 4.79 Å². The van der Waals surface area contributed by atoms with Crippen molar-refractivity contribution in [1.29, 1.82) is 0 Å². The Kier molecular flexibility index (Phi) is 4.87. The Morgan fingerprint density at radius 1 is 1.22 bits per heavy atom. The molecule has 0 aromatic carbocycles. The summed E-state index contributed by atoms with van der Waals surface area (Å²) in [7, 11) is 0. The summed E-state index contributed by atoms with van der Waals surface area (Å²) in [5.41, 5.74) is 0. The molecule has 0 unspecified atom stereocenters. The van der Waals surface area contributed by atoms with Crippen LogP contribution in [0.2, 0.25) is 0 Å². The van der Waals surface area contributed by atoms with E-state index in [1.807, 2.05) is 0 Å². The van der Waals surface area contributed by atoms with Crippen molar-refractivity contribution < 1.29 is 4.79 Å². The molecule has 18 heavy (non-hydrogen) atoms. The molecule has 0 bridgehead atoms. The maximum Gasteiger partial charge on any atom is 0.320 e. The van der Waals surface area contributed by atoms with E-state index < -0.39 is 0 Å². The van der Waals surface area contributed by atoms with Gasteiger partial charge in [-0.05, 0) is 31.8 Å². The Morgan fingerprint density at radius 2 is 1.89 bits per heavy atom. The SMILES string of the molecule is CCC(CC)CN1CCN(C2CCNCC2)C1=O. The van der Waals surface area contributed by atoms with Gasteiger partial charge >= 0.3 is 6.03 Å². The Labute approximate surface area is 111 Å². The summed E-state index contributed by atoms with van der Waals surface area (Å²) < 4.78 is 0. The molecule has 0 aliphatic carbocycles. The summed E-state index contributed by atoms with van der Waals surface area (Å²) in [5.74, 6) is 0.668. The lowest BCUT2D eigenvalue weighted by molar-refractivity contribution is 0.161. The smallest absolute Gasteiger partial charge is 0.320 e. The van der Waals surface area contributed by atoms with E-state index in [0.717, 1.165) is 45.6 Å². The average Bonchev–Trinajstić information content (AvgIpc) is 2.78. The minimum atomic E-state index is 0.286. The zero-order valence-corrected chi connectivity index (χ0v) is 11.8. The number of hydrogen-bond donors (Lipinski definition) is 1. The van der Waals surface area contributed by atoms with E-state index in [1.54, 1.807) is 0 Å². The number of amides is 2. The van der Waals surface area contributed by atoms with Crippen LogP contribution < -0.4 is 5.32 Å². The summed E-state index contributed by atoms with van der Waals surface area (Å²) in [4.78, 5) is 16.6. The number of urea groups is 1. The highest BCUT2D eigenvalue weighted by Gasteiger charge is 2.34. The molecule has 1 N–H and O–H groups in total. The molecule has 0 radical (unpaired) electrons. The second-order valence-electron chi connectivity index (χ2n) is 5.59. The maximum atomic E-state index is 12.4. The fourth-order valence-electron chi connectivity index (χ4n) is 3.09. The van der Waals surface area contributed by atoms with Crippen molar-refractivity contribution in [3.63, 3.8) is 0 Å². The zero-order chi connectivity index (χ0) is 13.0. The third-order valence-corrected chi connectivity index (χ3v) is 4.51. The van der Waals surface area contributed by atoms with Crippen molar-refractivity contribution >= 4 is 6.03 Å². The van der Waals surface area contributed by atoms with Crippen LogP contribution in [0.15, 0.2) is 0 Å². The molecule has 0 aromatic rings. The van der Waals surface area contributed by atoms with Gasteiger partial charge in [-0.15, -0.1) is 0 Å². The van der Waals surface area contributed by atoms with Gasteiger partial charge in [-0.3, -0.25) is 0 Å². The van der Waals surface area contributed by atoms with Crippen molar-refractivity contribution in [2.45, 2.75) is 45.6 Å². The summed E-state index contributed by atoms with van der Waals surface area (Å²) in [6.07, 6.45) is 4.58. The van der Waals surface area contributed by atoms with Crippen LogP contribution in [-0.2, 0) is 0 Å². The van der Waals surface area contributed by atoms with Crippen molar-refractivity contribution in [2.24, 2.45) is 5.92 Å². The number of nitrogens with zero attached hydrogens (tertiary/aromatic N) is 2. The van der Waals surface area contributed by atoms with Crippen LogP contribution >= 0.6 is 0 Å².